The van der Waals surface area contributed by atoms with Crippen molar-refractivity contribution in [3.63, 3.8) is 0 Å². The SMILES string of the molecule is Cc1cc2c(N(c3ccccc3)c3ccccc3)ccc3c2n1-c1cc(-n2c4ccc(C(C)C)cc4c4cc(C(C)C)ccc42)cc2c1B3c1ccc(N(c3ccccc3)c3ccccc3)c3cc(C)n-2c13. The monoisotopic (exact) mass is 927 g/mol. The van der Waals surface area contributed by atoms with E-state index in [0.29, 0.717) is 11.8 Å². The van der Waals surface area contributed by atoms with Crippen molar-refractivity contribution in [2.75, 3.05) is 9.80 Å². The van der Waals surface area contributed by atoms with E-state index in [-0.39, 0.29) is 6.71 Å². The summed E-state index contributed by atoms with van der Waals surface area (Å²) in [6.07, 6.45) is 0. The topological polar surface area (TPSA) is 21.3 Å². The molecule has 5 nitrogen and oxygen atoms in total. The van der Waals surface area contributed by atoms with Gasteiger partial charge in [-0.05, 0) is 162 Å². The molecule has 0 N–H and O–H groups in total. The third-order valence-electron chi connectivity index (χ3n) is 15.8. The highest BCUT2D eigenvalue weighted by Crippen LogP contribution is 2.46. The fraction of sp³-hybridized carbons (Fsp3) is 0.121. The Labute approximate surface area is 421 Å². The van der Waals surface area contributed by atoms with Crippen molar-refractivity contribution in [2.45, 2.75) is 53.4 Å². The summed E-state index contributed by atoms with van der Waals surface area (Å²) in [5.41, 5.74) is 24.5. The second-order valence-corrected chi connectivity index (χ2v) is 20.7. The first-order valence-electron chi connectivity index (χ1n) is 25.6. The first kappa shape index (κ1) is 42.4. The Balaban J connectivity index is 1.10. The molecule has 9 aromatic carbocycles. The summed E-state index contributed by atoms with van der Waals surface area (Å²) in [5, 5.41) is 5.07. The van der Waals surface area contributed by atoms with Crippen molar-refractivity contribution < 1.29 is 0 Å². The van der Waals surface area contributed by atoms with Crippen molar-refractivity contribution in [3.05, 3.63) is 229 Å². The van der Waals surface area contributed by atoms with Gasteiger partial charge in [-0.2, -0.15) is 0 Å². The van der Waals surface area contributed by atoms with Crippen LogP contribution in [0.2, 0.25) is 0 Å². The molecular weight excluding hydrogens is 874 g/mol. The minimum absolute atomic E-state index is 0.0232. The molecule has 346 valence electrons. The van der Waals surface area contributed by atoms with Crippen molar-refractivity contribution in [2.24, 2.45) is 0 Å². The number of aromatic nitrogens is 3. The fourth-order valence-electron chi connectivity index (χ4n) is 12.5. The molecule has 2 aliphatic rings. The predicted molar refractivity (Wildman–Crippen MR) is 306 cm³/mol. The largest absolute Gasteiger partial charge is 0.315 e. The highest BCUT2D eigenvalue weighted by atomic mass is 15.2. The van der Waals surface area contributed by atoms with Crippen LogP contribution in [0.4, 0.5) is 34.1 Å². The van der Waals surface area contributed by atoms with Crippen LogP contribution in [0.1, 0.15) is 62.0 Å². The van der Waals surface area contributed by atoms with Crippen molar-refractivity contribution >= 4 is 101 Å². The Kier molecular flexibility index (Phi) is 9.44. The van der Waals surface area contributed by atoms with Gasteiger partial charge in [0.1, 0.15) is 0 Å². The molecule has 0 atom stereocenters. The molecule has 0 radical (unpaired) electrons. The average Bonchev–Trinajstić information content (AvgIpc) is 4.07. The molecule has 0 aliphatic carbocycles. The van der Waals surface area contributed by atoms with Crippen LogP contribution in [0.3, 0.4) is 0 Å². The van der Waals surface area contributed by atoms with E-state index < -0.39 is 0 Å². The summed E-state index contributed by atoms with van der Waals surface area (Å²) >= 11 is 0. The lowest BCUT2D eigenvalue weighted by Crippen LogP contribution is -2.59. The maximum absolute atomic E-state index is 2.59. The lowest BCUT2D eigenvalue weighted by Gasteiger charge is -2.36. The van der Waals surface area contributed by atoms with E-state index in [1.165, 1.54) is 93.9 Å². The molecule has 0 fully saturated rings. The number of nitrogens with zero attached hydrogens (tertiary/aromatic N) is 5. The van der Waals surface area contributed by atoms with Crippen LogP contribution in [0.15, 0.2) is 206 Å². The molecule has 2 aliphatic heterocycles. The molecule has 14 rings (SSSR count). The molecule has 0 saturated carbocycles. The number of hydrogen-bond acceptors (Lipinski definition) is 2. The van der Waals surface area contributed by atoms with Gasteiger partial charge in [-0.3, -0.25) is 0 Å². The molecule has 6 heteroatoms. The molecule has 0 saturated heterocycles. The van der Waals surface area contributed by atoms with E-state index in [1.807, 2.05) is 0 Å². The normalized spacial score (nSPS) is 12.5. The zero-order chi connectivity index (χ0) is 48.5. The number of para-hydroxylation sites is 4. The third kappa shape index (κ3) is 6.14. The maximum atomic E-state index is 2.59. The molecule has 12 aromatic rings. The van der Waals surface area contributed by atoms with Crippen LogP contribution in [0, 0.1) is 13.8 Å². The Bertz CT molecular complexity index is 3780. The average molecular weight is 928 g/mol. The van der Waals surface area contributed by atoms with Crippen LogP contribution in [-0.4, -0.2) is 20.4 Å². The van der Waals surface area contributed by atoms with Gasteiger partial charge in [0.05, 0.1) is 39.1 Å². The zero-order valence-electron chi connectivity index (χ0n) is 41.6. The molecule has 0 amide bonds. The van der Waals surface area contributed by atoms with Crippen LogP contribution in [-0.2, 0) is 0 Å². The van der Waals surface area contributed by atoms with Gasteiger partial charge in [0.25, 0.3) is 6.71 Å². The highest BCUT2D eigenvalue weighted by Gasteiger charge is 2.42. The van der Waals surface area contributed by atoms with Gasteiger partial charge in [0.15, 0.2) is 0 Å². The van der Waals surface area contributed by atoms with E-state index in [1.54, 1.807) is 0 Å². The molecular formula is C66H54BN5. The molecule has 0 bridgehead atoms. The fourth-order valence-corrected chi connectivity index (χ4v) is 12.5. The van der Waals surface area contributed by atoms with Crippen molar-refractivity contribution in [1.82, 2.24) is 13.7 Å². The van der Waals surface area contributed by atoms with Gasteiger partial charge in [-0.1, -0.05) is 125 Å². The van der Waals surface area contributed by atoms with E-state index in [0.717, 1.165) is 39.8 Å². The second-order valence-electron chi connectivity index (χ2n) is 20.7. The summed E-state index contributed by atoms with van der Waals surface area (Å²) in [7, 11) is 0. The first-order chi connectivity index (χ1) is 35.2. The summed E-state index contributed by atoms with van der Waals surface area (Å²) in [6, 6.07) is 77.2. The molecule has 5 heterocycles. The molecule has 3 aromatic heterocycles. The van der Waals surface area contributed by atoms with Crippen LogP contribution in [0.25, 0.3) is 60.7 Å². The lowest BCUT2D eigenvalue weighted by atomic mass is 9.34. The molecule has 0 spiro atoms. The number of hydrogen-bond donors (Lipinski definition) is 0. The zero-order valence-corrected chi connectivity index (χ0v) is 41.6. The maximum Gasteiger partial charge on any atom is 0.252 e. The quantitative estimate of drug-likeness (QED) is 0.135. The summed E-state index contributed by atoms with van der Waals surface area (Å²) in [5.74, 6) is 0.831. The Morgan fingerprint density at radius 1 is 0.375 bits per heavy atom. The molecule has 0 unspecified atom stereocenters. The standard InChI is InChI=1S/C66H54BN5/c1-41(2)45-27-31-58-52(37-45)53-38-46(42(3)4)28-32-59(53)72(58)51-39-62-64-63(40-51)69-44(6)36-55-61(71(49-23-15-9-16-24-49)50-25-17-10-18-26-50)34-30-57(66(55)69)67(64)56-29-33-60(54-35-43(5)68(62)65(54)56)70(47-19-11-7-12-20-47)48-21-13-8-14-22-48/h7-42H,1-6H3. The van der Waals surface area contributed by atoms with Gasteiger partial charge < -0.3 is 23.5 Å². The first-order valence-corrected chi connectivity index (χ1v) is 25.6. The van der Waals surface area contributed by atoms with E-state index in [4.69, 9.17) is 0 Å². The van der Waals surface area contributed by atoms with Crippen LogP contribution < -0.4 is 26.2 Å². The number of fused-ring (bicyclic) bond motifs is 7. The Morgan fingerprint density at radius 2 is 0.750 bits per heavy atom. The number of aryl methyl sites for hydroxylation is 2. The van der Waals surface area contributed by atoms with Crippen LogP contribution >= 0.6 is 0 Å². The minimum atomic E-state index is -0.0232. The van der Waals surface area contributed by atoms with E-state index >= 15 is 0 Å². The Hall–Kier alpha value is -8.48. The predicted octanol–water partition coefficient (Wildman–Crippen LogP) is 15.6. The Morgan fingerprint density at radius 3 is 1.11 bits per heavy atom. The second kappa shape index (κ2) is 16.0. The molecule has 72 heavy (non-hydrogen) atoms. The number of benzene rings is 9. The van der Waals surface area contributed by atoms with Gasteiger partial charge in [-0.25, -0.2) is 0 Å². The highest BCUT2D eigenvalue weighted by molar-refractivity contribution is 7.00. The van der Waals surface area contributed by atoms with E-state index in [2.05, 4.69) is 271 Å². The van der Waals surface area contributed by atoms with Crippen molar-refractivity contribution in [3.8, 4) is 17.1 Å². The van der Waals surface area contributed by atoms with E-state index in [9.17, 15) is 0 Å². The van der Waals surface area contributed by atoms with Gasteiger partial charge in [-0.15, -0.1) is 0 Å². The summed E-state index contributed by atoms with van der Waals surface area (Å²) in [4.78, 5) is 4.86. The lowest BCUT2D eigenvalue weighted by molar-refractivity contribution is 0.868. The van der Waals surface area contributed by atoms with Gasteiger partial charge in [0.2, 0.25) is 0 Å². The third-order valence-corrected chi connectivity index (χ3v) is 15.8. The summed E-state index contributed by atoms with van der Waals surface area (Å²) < 4.78 is 7.73. The minimum Gasteiger partial charge on any atom is -0.315 e. The van der Waals surface area contributed by atoms with Gasteiger partial charge >= 0.3 is 0 Å². The number of rotatable bonds is 9. The van der Waals surface area contributed by atoms with Gasteiger partial charge in [0, 0.05) is 67.1 Å². The van der Waals surface area contributed by atoms with Crippen molar-refractivity contribution in [1.29, 1.82) is 0 Å². The smallest absolute Gasteiger partial charge is 0.252 e. The summed E-state index contributed by atoms with van der Waals surface area (Å²) in [6.45, 7) is 13.8. The van der Waals surface area contributed by atoms with Crippen LogP contribution in [0.5, 0.6) is 0 Å². The number of anilines is 6.